The summed E-state index contributed by atoms with van der Waals surface area (Å²) in [6.07, 6.45) is 1.19. The van der Waals surface area contributed by atoms with Crippen LogP contribution in [-0.2, 0) is 10.0 Å². The molecule has 96 valence electrons. The average Bonchev–Trinajstić information content (AvgIpc) is 2.29. The normalized spacial score (nSPS) is 13.6. The molecule has 0 saturated carbocycles. The molecule has 1 atom stereocenters. The number of unbranched alkanes of at least 4 members (excludes halogenated alkanes) is 1. The van der Waals surface area contributed by atoms with Gasteiger partial charge in [0.1, 0.15) is 0 Å². The van der Waals surface area contributed by atoms with Gasteiger partial charge in [-0.15, -0.1) is 0 Å². The highest BCUT2D eigenvalue weighted by atomic mass is 32.2. The zero-order valence-corrected chi connectivity index (χ0v) is 11.0. The maximum Gasteiger partial charge on any atom is 0.240 e. The molecule has 0 fully saturated rings. The number of rotatable bonds is 6. The van der Waals surface area contributed by atoms with Crippen LogP contribution in [0.2, 0.25) is 0 Å². The van der Waals surface area contributed by atoms with E-state index in [1.807, 2.05) is 6.92 Å². The van der Waals surface area contributed by atoms with Gasteiger partial charge in [0.05, 0.1) is 11.0 Å². The zero-order valence-electron chi connectivity index (χ0n) is 10.2. The lowest BCUT2D eigenvalue weighted by atomic mass is 10.1. The molecule has 0 aliphatic rings. The number of sulfonamides is 1. The molecule has 0 bridgehead atoms. The summed E-state index contributed by atoms with van der Waals surface area (Å²) < 4.78 is 26.2. The minimum atomic E-state index is -3.41. The summed E-state index contributed by atoms with van der Waals surface area (Å²) in [5, 5.41) is 9.33. The van der Waals surface area contributed by atoms with E-state index >= 15 is 0 Å². The van der Waals surface area contributed by atoms with Gasteiger partial charge in [-0.3, -0.25) is 0 Å². The van der Waals surface area contributed by atoms with Crippen molar-refractivity contribution in [2.45, 2.75) is 37.7 Å². The number of aliphatic hydroxyl groups excluding tert-OH is 1. The molecule has 17 heavy (non-hydrogen) atoms. The Balaban J connectivity index is 2.78. The second kappa shape index (κ2) is 6.14. The first kappa shape index (κ1) is 14.2. The third kappa shape index (κ3) is 4.11. The molecule has 0 radical (unpaired) electrons. The Labute approximate surface area is 103 Å². The molecule has 2 N–H and O–H groups in total. The van der Waals surface area contributed by atoms with Crippen molar-refractivity contribution >= 4 is 10.0 Å². The van der Waals surface area contributed by atoms with Crippen molar-refractivity contribution in [2.75, 3.05) is 6.54 Å². The van der Waals surface area contributed by atoms with Crippen molar-refractivity contribution < 1.29 is 13.5 Å². The summed E-state index contributed by atoms with van der Waals surface area (Å²) in [5.41, 5.74) is 0.706. The summed E-state index contributed by atoms with van der Waals surface area (Å²) in [6.45, 7) is 4.10. The van der Waals surface area contributed by atoms with E-state index in [1.54, 1.807) is 19.1 Å². The lowest BCUT2D eigenvalue weighted by Crippen LogP contribution is -2.24. The number of hydrogen-bond acceptors (Lipinski definition) is 3. The standard InChI is InChI=1S/C12H19NO3S/c1-3-4-9-13-17(15,16)12-7-5-11(6-8-12)10(2)14/h5-8,10,13-14H,3-4,9H2,1-2H3. The molecule has 1 aromatic rings. The fourth-order valence-corrected chi connectivity index (χ4v) is 2.47. The third-order valence-electron chi connectivity index (χ3n) is 2.50. The Bertz CT molecular complexity index is 437. The minimum absolute atomic E-state index is 0.234. The molecule has 0 heterocycles. The van der Waals surface area contributed by atoms with E-state index in [-0.39, 0.29) is 4.90 Å². The van der Waals surface area contributed by atoms with E-state index in [0.717, 1.165) is 12.8 Å². The van der Waals surface area contributed by atoms with Crippen LogP contribution in [0.15, 0.2) is 29.2 Å². The van der Waals surface area contributed by atoms with Gasteiger partial charge in [0.2, 0.25) is 10.0 Å². The summed E-state index contributed by atoms with van der Waals surface area (Å²) >= 11 is 0. The first-order valence-electron chi connectivity index (χ1n) is 5.75. The van der Waals surface area contributed by atoms with Gasteiger partial charge < -0.3 is 5.11 Å². The second-order valence-electron chi connectivity index (χ2n) is 4.00. The van der Waals surface area contributed by atoms with Crippen LogP contribution in [-0.4, -0.2) is 20.1 Å². The van der Waals surface area contributed by atoms with Crippen LogP contribution >= 0.6 is 0 Å². The third-order valence-corrected chi connectivity index (χ3v) is 3.97. The fraction of sp³-hybridized carbons (Fsp3) is 0.500. The molecule has 0 aliphatic carbocycles. The van der Waals surface area contributed by atoms with Crippen molar-refractivity contribution in [1.29, 1.82) is 0 Å². The second-order valence-corrected chi connectivity index (χ2v) is 5.76. The monoisotopic (exact) mass is 257 g/mol. The Morgan fingerprint density at radius 2 is 1.88 bits per heavy atom. The predicted molar refractivity (Wildman–Crippen MR) is 67.2 cm³/mol. The van der Waals surface area contributed by atoms with E-state index in [4.69, 9.17) is 0 Å². The molecule has 4 nitrogen and oxygen atoms in total. The highest BCUT2D eigenvalue weighted by Gasteiger charge is 2.13. The van der Waals surface area contributed by atoms with Crippen LogP contribution in [0.5, 0.6) is 0 Å². The molecule has 0 aromatic heterocycles. The highest BCUT2D eigenvalue weighted by molar-refractivity contribution is 7.89. The van der Waals surface area contributed by atoms with E-state index in [9.17, 15) is 13.5 Å². The largest absolute Gasteiger partial charge is 0.389 e. The smallest absolute Gasteiger partial charge is 0.240 e. The summed E-state index contributed by atoms with van der Waals surface area (Å²) in [4.78, 5) is 0.234. The molecular weight excluding hydrogens is 238 g/mol. The van der Waals surface area contributed by atoms with E-state index in [0.29, 0.717) is 12.1 Å². The maximum absolute atomic E-state index is 11.8. The summed E-state index contributed by atoms with van der Waals surface area (Å²) in [5.74, 6) is 0. The molecular formula is C12H19NO3S. The number of hydrogen-bond donors (Lipinski definition) is 2. The minimum Gasteiger partial charge on any atom is -0.389 e. The van der Waals surface area contributed by atoms with Gasteiger partial charge in [-0.25, -0.2) is 13.1 Å². The van der Waals surface area contributed by atoms with Crippen LogP contribution in [0.25, 0.3) is 0 Å². The van der Waals surface area contributed by atoms with Crippen molar-refractivity contribution in [3.05, 3.63) is 29.8 Å². The SMILES string of the molecule is CCCCNS(=O)(=O)c1ccc(C(C)O)cc1. The maximum atomic E-state index is 11.8. The number of nitrogens with one attached hydrogen (secondary N) is 1. The summed E-state index contributed by atoms with van der Waals surface area (Å²) in [6, 6.07) is 6.27. The number of benzene rings is 1. The molecule has 1 aromatic carbocycles. The van der Waals surface area contributed by atoms with E-state index < -0.39 is 16.1 Å². The lowest BCUT2D eigenvalue weighted by molar-refractivity contribution is 0.199. The van der Waals surface area contributed by atoms with Gasteiger partial charge >= 0.3 is 0 Å². The Morgan fingerprint density at radius 3 is 2.35 bits per heavy atom. The molecule has 0 spiro atoms. The topological polar surface area (TPSA) is 66.4 Å². The summed E-state index contributed by atoms with van der Waals surface area (Å²) in [7, 11) is -3.41. The van der Waals surface area contributed by atoms with Gasteiger partial charge in [0.25, 0.3) is 0 Å². The van der Waals surface area contributed by atoms with Crippen LogP contribution in [0, 0.1) is 0 Å². The first-order valence-corrected chi connectivity index (χ1v) is 7.23. The van der Waals surface area contributed by atoms with E-state index in [2.05, 4.69) is 4.72 Å². The highest BCUT2D eigenvalue weighted by Crippen LogP contribution is 2.15. The Morgan fingerprint density at radius 1 is 1.29 bits per heavy atom. The van der Waals surface area contributed by atoms with Gasteiger partial charge in [0.15, 0.2) is 0 Å². The van der Waals surface area contributed by atoms with Crippen molar-refractivity contribution in [3.8, 4) is 0 Å². The van der Waals surface area contributed by atoms with E-state index in [1.165, 1.54) is 12.1 Å². The van der Waals surface area contributed by atoms with Crippen molar-refractivity contribution in [2.24, 2.45) is 0 Å². The molecule has 1 rings (SSSR count). The fourth-order valence-electron chi connectivity index (χ4n) is 1.39. The van der Waals surface area contributed by atoms with Gasteiger partial charge in [-0.2, -0.15) is 0 Å². The van der Waals surface area contributed by atoms with Gasteiger partial charge in [0, 0.05) is 6.54 Å². The molecule has 0 saturated heterocycles. The van der Waals surface area contributed by atoms with Gasteiger partial charge in [-0.1, -0.05) is 25.5 Å². The number of aliphatic hydroxyl groups is 1. The molecule has 5 heteroatoms. The molecule has 0 aliphatic heterocycles. The van der Waals surface area contributed by atoms with Crippen molar-refractivity contribution in [1.82, 2.24) is 4.72 Å². The first-order chi connectivity index (χ1) is 7.97. The van der Waals surface area contributed by atoms with Crippen LogP contribution in [0.1, 0.15) is 38.4 Å². The Hall–Kier alpha value is -0.910. The predicted octanol–water partition coefficient (Wildman–Crippen LogP) is 1.82. The average molecular weight is 257 g/mol. The van der Waals surface area contributed by atoms with Crippen molar-refractivity contribution in [3.63, 3.8) is 0 Å². The van der Waals surface area contributed by atoms with Crippen LogP contribution < -0.4 is 4.72 Å². The molecule has 1 unspecified atom stereocenters. The van der Waals surface area contributed by atoms with Crippen LogP contribution in [0.4, 0.5) is 0 Å². The quantitative estimate of drug-likeness (QED) is 0.764. The van der Waals surface area contributed by atoms with Gasteiger partial charge in [-0.05, 0) is 31.0 Å². The molecule has 0 amide bonds. The zero-order chi connectivity index (χ0) is 12.9. The Kier molecular flexibility index (Phi) is 5.11. The van der Waals surface area contributed by atoms with Crippen LogP contribution in [0.3, 0.4) is 0 Å². The lowest BCUT2D eigenvalue weighted by Gasteiger charge is -2.08.